The molecule has 0 fully saturated rings. The second-order valence-electron chi connectivity index (χ2n) is 7.17. The summed E-state index contributed by atoms with van der Waals surface area (Å²) in [6.07, 6.45) is 1.84. The lowest BCUT2D eigenvalue weighted by atomic mass is 9.88. The number of carbonyl (C=O) groups is 2. The van der Waals surface area contributed by atoms with Gasteiger partial charge < -0.3 is 19.9 Å². The van der Waals surface area contributed by atoms with Crippen molar-refractivity contribution in [3.05, 3.63) is 75.5 Å². The molecule has 1 amide bonds. The predicted octanol–water partition coefficient (Wildman–Crippen LogP) is 5.81. The zero-order valence-corrected chi connectivity index (χ0v) is 18.8. The summed E-state index contributed by atoms with van der Waals surface area (Å²) in [7, 11) is 1.55. The Balaban J connectivity index is 1.84. The second-order valence-corrected chi connectivity index (χ2v) is 8.66. The summed E-state index contributed by atoms with van der Waals surface area (Å²) in [5.41, 5.74) is 2.53. The van der Waals surface area contributed by atoms with Gasteiger partial charge in [-0.1, -0.05) is 42.5 Å². The molecule has 2 heterocycles. The van der Waals surface area contributed by atoms with E-state index in [1.165, 1.54) is 11.3 Å². The van der Waals surface area contributed by atoms with Crippen LogP contribution in [0.2, 0.25) is 5.02 Å². The molecule has 3 aromatic rings. The van der Waals surface area contributed by atoms with Gasteiger partial charge in [-0.15, -0.1) is 11.3 Å². The van der Waals surface area contributed by atoms with Crippen molar-refractivity contribution in [1.82, 2.24) is 0 Å². The van der Waals surface area contributed by atoms with Crippen molar-refractivity contribution in [2.75, 3.05) is 19.0 Å². The first-order valence-electron chi connectivity index (χ1n) is 9.80. The molecule has 0 radical (unpaired) electrons. The Bertz CT molecular complexity index is 1200. The number of carbonyl (C=O) groups excluding carboxylic acids is 1. The van der Waals surface area contributed by atoms with Crippen LogP contribution in [0.5, 0.6) is 11.5 Å². The molecule has 6 nitrogen and oxygen atoms in total. The van der Waals surface area contributed by atoms with Gasteiger partial charge in [0.1, 0.15) is 11.5 Å². The van der Waals surface area contributed by atoms with Crippen molar-refractivity contribution in [2.45, 2.75) is 12.3 Å². The molecular formula is C24H20ClNO5S. The summed E-state index contributed by atoms with van der Waals surface area (Å²) < 4.78 is 11.1. The first-order valence-corrected chi connectivity index (χ1v) is 11.0. The molecule has 8 heteroatoms. The van der Waals surface area contributed by atoms with E-state index in [2.05, 4.69) is 11.9 Å². The monoisotopic (exact) mass is 469 g/mol. The number of hydrogen-bond donors (Lipinski definition) is 2. The normalized spacial score (nSPS) is 14.9. The number of thiophene rings is 1. The molecule has 2 N–H and O–H groups in total. The SMILES string of the molecule is C=CCOc1ccc([C@H]2CC(=O)Nc3c2sc(C(=O)O)c3-c2ccc(Cl)cc2)cc1OC. The van der Waals surface area contributed by atoms with E-state index >= 15 is 0 Å². The summed E-state index contributed by atoms with van der Waals surface area (Å²) in [5.74, 6) is -0.447. The Hall–Kier alpha value is -3.29. The first-order chi connectivity index (χ1) is 15.4. The largest absolute Gasteiger partial charge is 0.493 e. The van der Waals surface area contributed by atoms with Gasteiger partial charge >= 0.3 is 5.97 Å². The molecule has 32 heavy (non-hydrogen) atoms. The van der Waals surface area contributed by atoms with Crippen LogP contribution in [0, 0.1) is 0 Å². The van der Waals surface area contributed by atoms with Gasteiger partial charge in [-0.3, -0.25) is 4.79 Å². The van der Waals surface area contributed by atoms with Crippen molar-refractivity contribution in [2.24, 2.45) is 0 Å². The molecule has 1 aliphatic heterocycles. The number of ether oxygens (including phenoxy) is 2. The Morgan fingerprint density at radius 1 is 1.28 bits per heavy atom. The molecule has 1 atom stereocenters. The van der Waals surface area contributed by atoms with Crippen LogP contribution in [-0.2, 0) is 4.79 Å². The lowest BCUT2D eigenvalue weighted by Gasteiger charge is -2.24. The van der Waals surface area contributed by atoms with Crippen LogP contribution in [-0.4, -0.2) is 30.7 Å². The van der Waals surface area contributed by atoms with Gasteiger partial charge in [0.2, 0.25) is 5.91 Å². The smallest absolute Gasteiger partial charge is 0.346 e. The second kappa shape index (κ2) is 9.06. The van der Waals surface area contributed by atoms with E-state index in [0.29, 0.717) is 39.9 Å². The fourth-order valence-corrected chi connectivity index (χ4v) is 5.14. The molecule has 0 saturated carbocycles. The minimum absolute atomic E-state index is 0.169. The van der Waals surface area contributed by atoms with Crippen molar-refractivity contribution in [1.29, 1.82) is 0 Å². The zero-order chi connectivity index (χ0) is 22.8. The van der Waals surface area contributed by atoms with Crippen LogP contribution in [0.15, 0.2) is 55.1 Å². The van der Waals surface area contributed by atoms with Crippen LogP contribution in [0.3, 0.4) is 0 Å². The molecule has 1 aliphatic rings. The summed E-state index contributed by atoms with van der Waals surface area (Å²) in [4.78, 5) is 25.7. The number of methoxy groups -OCH3 is 1. The number of amides is 1. The highest BCUT2D eigenvalue weighted by molar-refractivity contribution is 7.15. The minimum atomic E-state index is -1.05. The quantitative estimate of drug-likeness (QED) is 0.426. The van der Waals surface area contributed by atoms with E-state index in [9.17, 15) is 14.7 Å². The molecule has 2 aromatic carbocycles. The number of carboxylic acids is 1. The van der Waals surface area contributed by atoms with Crippen LogP contribution < -0.4 is 14.8 Å². The number of benzene rings is 2. The van der Waals surface area contributed by atoms with E-state index in [1.807, 2.05) is 12.1 Å². The third-order valence-corrected chi connectivity index (χ3v) is 6.72. The van der Waals surface area contributed by atoms with Crippen LogP contribution >= 0.6 is 22.9 Å². The number of hydrogen-bond acceptors (Lipinski definition) is 5. The molecule has 0 aliphatic carbocycles. The van der Waals surface area contributed by atoms with Gasteiger partial charge in [0, 0.05) is 27.8 Å². The maximum Gasteiger partial charge on any atom is 0.346 e. The number of nitrogens with one attached hydrogen (secondary N) is 1. The standard InChI is InChI=1S/C24H20ClNO5S/c1-3-10-31-17-9-6-14(11-18(17)30-2)16-12-19(27)26-21-20(13-4-7-15(25)8-5-13)23(24(28)29)32-22(16)21/h3-9,11,16H,1,10,12H2,2H3,(H,26,27)(H,28,29)/t16-/m1/s1. The Morgan fingerprint density at radius 3 is 2.69 bits per heavy atom. The molecule has 0 saturated heterocycles. The molecular weight excluding hydrogens is 450 g/mol. The van der Waals surface area contributed by atoms with Gasteiger partial charge in [-0.2, -0.15) is 0 Å². The average Bonchev–Trinajstić information content (AvgIpc) is 3.17. The number of rotatable bonds is 7. The minimum Gasteiger partial charge on any atom is -0.493 e. The summed E-state index contributed by atoms with van der Waals surface area (Å²) in [6, 6.07) is 12.4. The van der Waals surface area contributed by atoms with Gasteiger partial charge in [0.05, 0.1) is 12.8 Å². The number of carboxylic acid groups (broad SMARTS) is 1. The highest BCUT2D eigenvalue weighted by atomic mass is 35.5. The summed E-state index contributed by atoms with van der Waals surface area (Å²) >= 11 is 7.18. The van der Waals surface area contributed by atoms with Crippen molar-refractivity contribution in [3.8, 4) is 22.6 Å². The summed E-state index contributed by atoms with van der Waals surface area (Å²) in [5, 5.41) is 13.3. The Kier molecular flexibility index (Phi) is 6.21. The van der Waals surface area contributed by atoms with Crippen molar-refractivity contribution < 1.29 is 24.2 Å². The number of halogens is 1. The van der Waals surface area contributed by atoms with Gasteiger partial charge in [-0.05, 0) is 35.4 Å². The van der Waals surface area contributed by atoms with Crippen molar-refractivity contribution in [3.63, 3.8) is 0 Å². The van der Waals surface area contributed by atoms with E-state index in [4.69, 9.17) is 21.1 Å². The highest BCUT2D eigenvalue weighted by Gasteiger charge is 2.34. The van der Waals surface area contributed by atoms with Gasteiger partial charge in [0.15, 0.2) is 11.5 Å². The number of aromatic carboxylic acids is 1. The van der Waals surface area contributed by atoms with Crippen LogP contribution in [0.1, 0.15) is 32.5 Å². The Morgan fingerprint density at radius 2 is 2.03 bits per heavy atom. The molecule has 0 spiro atoms. The summed E-state index contributed by atoms with van der Waals surface area (Å²) in [6.45, 7) is 3.98. The van der Waals surface area contributed by atoms with E-state index in [1.54, 1.807) is 43.5 Å². The lowest BCUT2D eigenvalue weighted by Crippen LogP contribution is -2.22. The fraction of sp³-hybridized carbons (Fsp3) is 0.167. The van der Waals surface area contributed by atoms with Gasteiger partial charge in [-0.25, -0.2) is 4.79 Å². The highest BCUT2D eigenvalue weighted by Crippen LogP contribution is 2.50. The van der Waals surface area contributed by atoms with E-state index in [0.717, 1.165) is 10.4 Å². The molecule has 0 unspecified atom stereocenters. The van der Waals surface area contributed by atoms with E-state index in [-0.39, 0.29) is 23.1 Å². The predicted molar refractivity (Wildman–Crippen MR) is 126 cm³/mol. The van der Waals surface area contributed by atoms with Crippen molar-refractivity contribution >= 4 is 40.5 Å². The van der Waals surface area contributed by atoms with E-state index < -0.39 is 5.97 Å². The van der Waals surface area contributed by atoms with Crippen LogP contribution in [0.25, 0.3) is 11.1 Å². The molecule has 1 aromatic heterocycles. The average molecular weight is 470 g/mol. The topological polar surface area (TPSA) is 84.9 Å². The number of fused-ring (bicyclic) bond motifs is 1. The lowest BCUT2D eigenvalue weighted by molar-refractivity contribution is -0.116. The maximum absolute atomic E-state index is 12.6. The fourth-order valence-electron chi connectivity index (χ4n) is 3.77. The molecule has 164 valence electrons. The Labute approximate surface area is 194 Å². The third kappa shape index (κ3) is 4.09. The van der Waals surface area contributed by atoms with Crippen LogP contribution in [0.4, 0.5) is 5.69 Å². The van der Waals surface area contributed by atoms with Gasteiger partial charge in [0.25, 0.3) is 0 Å². The molecule has 4 rings (SSSR count). The first kappa shape index (κ1) is 21.9. The third-order valence-electron chi connectivity index (χ3n) is 5.18. The molecule has 0 bridgehead atoms. The zero-order valence-electron chi connectivity index (χ0n) is 17.2. The number of anilines is 1. The maximum atomic E-state index is 12.6.